The maximum atomic E-state index is 13.8. The van der Waals surface area contributed by atoms with E-state index in [2.05, 4.69) is 31.2 Å². The number of rotatable bonds is 4. The van der Waals surface area contributed by atoms with E-state index in [1.165, 1.54) is 18.4 Å². The molecule has 1 atom stereocenters. The van der Waals surface area contributed by atoms with Crippen LogP contribution >= 0.6 is 0 Å². The molecule has 1 aliphatic heterocycles. The van der Waals surface area contributed by atoms with E-state index in [-0.39, 0.29) is 24.4 Å². The van der Waals surface area contributed by atoms with Crippen LogP contribution in [-0.4, -0.2) is 34.2 Å². The lowest BCUT2D eigenvalue weighted by Crippen LogP contribution is -2.57. The summed E-state index contributed by atoms with van der Waals surface area (Å²) in [6.45, 7) is 4.76. The fourth-order valence-electron chi connectivity index (χ4n) is 4.77. The monoisotopic (exact) mass is 404 g/mol. The average molecular weight is 405 g/mol. The quantitative estimate of drug-likeness (QED) is 0.678. The van der Waals surface area contributed by atoms with Gasteiger partial charge in [-0.05, 0) is 37.8 Å². The van der Waals surface area contributed by atoms with Gasteiger partial charge in [-0.3, -0.25) is 9.59 Å². The molecule has 2 fully saturated rings. The van der Waals surface area contributed by atoms with Gasteiger partial charge in [0.15, 0.2) is 0 Å². The van der Waals surface area contributed by atoms with Crippen LogP contribution in [0.2, 0.25) is 0 Å². The van der Waals surface area contributed by atoms with Crippen molar-refractivity contribution in [3.8, 4) is 0 Å². The van der Waals surface area contributed by atoms with E-state index in [0.717, 1.165) is 42.4 Å². The van der Waals surface area contributed by atoms with Gasteiger partial charge in [0, 0.05) is 12.6 Å². The van der Waals surface area contributed by atoms with Crippen LogP contribution in [-0.2, 0) is 16.1 Å². The maximum absolute atomic E-state index is 13.8. The zero-order valence-corrected chi connectivity index (χ0v) is 18.1. The number of hydrogen-bond donors (Lipinski definition) is 0. The second-order valence-electron chi connectivity index (χ2n) is 8.93. The SMILES string of the molecule is Cc1ccc(CN2C(=O)CN(C3CCCCCC3)C(=O)C2c2ccc(C)cc2)cc1. The maximum Gasteiger partial charge on any atom is 0.250 e. The van der Waals surface area contributed by atoms with Crippen molar-refractivity contribution in [2.75, 3.05) is 6.54 Å². The van der Waals surface area contributed by atoms with Gasteiger partial charge in [0.1, 0.15) is 12.6 Å². The molecule has 4 heteroatoms. The minimum Gasteiger partial charge on any atom is -0.328 e. The van der Waals surface area contributed by atoms with Crippen LogP contribution in [0, 0.1) is 13.8 Å². The molecule has 30 heavy (non-hydrogen) atoms. The summed E-state index contributed by atoms with van der Waals surface area (Å²) in [7, 11) is 0. The summed E-state index contributed by atoms with van der Waals surface area (Å²) in [4.78, 5) is 30.8. The molecule has 2 aliphatic rings. The van der Waals surface area contributed by atoms with E-state index in [0.29, 0.717) is 6.54 Å². The Balaban J connectivity index is 1.66. The molecule has 2 aromatic carbocycles. The molecule has 0 N–H and O–H groups in total. The van der Waals surface area contributed by atoms with Crippen LogP contribution in [0.3, 0.4) is 0 Å². The number of benzene rings is 2. The average Bonchev–Trinajstić information content (AvgIpc) is 3.02. The number of carbonyl (C=O) groups is 2. The van der Waals surface area contributed by atoms with Crippen LogP contribution in [0.25, 0.3) is 0 Å². The summed E-state index contributed by atoms with van der Waals surface area (Å²) in [5.41, 5.74) is 4.31. The molecule has 2 amide bonds. The third-order valence-corrected chi connectivity index (χ3v) is 6.59. The molecule has 1 saturated heterocycles. The normalized spacial score (nSPS) is 21.1. The lowest BCUT2D eigenvalue weighted by molar-refractivity contribution is -0.159. The molecular formula is C26H32N2O2. The summed E-state index contributed by atoms with van der Waals surface area (Å²) in [6, 6.07) is 15.9. The summed E-state index contributed by atoms with van der Waals surface area (Å²) in [5, 5.41) is 0. The van der Waals surface area contributed by atoms with Crippen LogP contribution in [0.1, 0.15) is 66.8 Å². The Hall–Kier alpha value is -2.62. The van der Waals surface area contributed by atoms with E-state index < -0.39 is 6.04 Å². The van der Waals surface area contributed by atoms with Crippen molar-refractivity contribution >= 4 is 11.8 Å². The van der Waals surface area contributed by atoms with E-state index >= 15 is 0 Å². The minimum absolute atomic E-state index is 0.0463. The van der Waals surface area contributed by atoms with E-state index in [9.17, 15) is 9.59 Å². The highest BCUT2D eigenvalue weighted by Gasteiger charge is 2.42. The second kappa shape index (κ2) is 9.03. The van der Waals surface area contributed by atoms with Crippen molar-refractivity contribution in [2.45, 2.75) is 71.0 Å². The lowest BCUT2D eigenvalue weighted by atomic mass is 9.96. The predicted molar refractivity (Wildman–Crippen MR) is 119 cm³/mol. The summed E-state index contributed by atoms with van der Waals surface area (Å²) in [6.07, 6.45) is 6.77. The first-order valence-corrected chi connectivity index (χ1v) is 11.2. The molecule has 1 heterocycles. The Morgan fingerprint density at radius 1 is 0.800 bits per heavy atom. The summed E-state index contributed by atoms with van der Waals surface area (Å²) in [5.74, 6) is 0.127. The van der Waals surface area contributed by atoms with Gasteiger partial charge in [-0.15, -0.1) is 0 Å². The van der Waals surface area contributed by atoms with Gasteiger partial charge in [-0.1, -0.05) is 85.3 Å². The van der Waals surface area contributed by atoms with Crippen molar-refractivity contribution in [3.05, 3.63) is 70.8 Å². The van der Waals surface area contributed by atoms with Gasteiger partial charge < -0.3 is 9.80 Å². The highest BCUT2D eigenvalue weighted by Crippen LogP contribution is 2.33. The number of nitrogens with zero attached hydrogens (tertiary/aromatic N) is 2. The van der Waals surface area contributed by atoms with Crippen LogP contribution in [0.4, 0.5) is 0 Å². The number of piperazine rings is 1. The van der Waals surface area contributed by atoms with Crippen LogP contribution in [0.15, 0.2) is 48.5 Å². The largest absolute Gasteiger partial charge is 0.328 e. The zero-order valence-electron chi connectivity index (χ0n) is 18.1. The van der Waals surface area contributed by atoms with Crippen LogP contribution < -0.4 is 0 Å². The lowest BCUT2D eigenvalue weighted by Gasteiger charge is -2.43. The standard InChI is InChI=1S/C26H32N2O2/c1-19-9-13-21(14-10-19)17-28-24(29)18-27(23-7-5-3-4-6-8-23)26(30)25(28)22-15-11-20(2)12-16-22/h9-16,23,25H,3-8,17-18H2,1-2H3. The van der Waals surface area contributed by atoms with Gasteiger partial charge in [0.25, 0.3) is 5.91 Å². The summed E-state index contributed by atoms with van der Waals surface area (Å²) >= 11 is 0. The van der Waals surface area contributed by atoms with Gasteiger partial charge in [0.05, 0.1) is 0 Å². The highest BCUT2D eigenvalue weighted by atomic mass is 16.2. The Labute approximate surface area is 179 Å². The van der Waals surface area contributed by atoms with Crippen molar-refractivity contribution in [2.24, 2.45) is 0 Å². The van der Waals surface area contributed by atoms with Crippen molar-refractivity contribution < 1.29 is 9.59 Å². The smallest absolute Gasteiger partial charge is 0.250 e. The zero-order chi connectivity index (χ0) is 21.1. The Bertz CT molecular complexity index is 880. The number of amides is 2. The molecule has 158 valence electrons. The molecule has 0 bridgehead atoms. The van der Waals surface area contributed by atoms with Gasteiger partial charge in [0.2, 0.25) is 5.91 Å². The molecule has 4 rings (SSSR count). The second-order valence-corrected chi connectivity index (χ2v) is 8.93. The first-order chi connectivity index (χ1) is 14.5. The molecule has 4 nitrogen and oxygen atoms in total. The molecule has 1 saturated carbocycles. The number of carbonyl (C=O) groups excluding carboxylic acids is 2. The molecule has 2 aromatic rings. The number of hydrogen-bond acceptors (Lipinski definition) is 2. The van der Waals surface area contributed by atoms with E-state index in [1.807, 2.05) is 36.1 Å². The van der Waals surface area contributed by atoms with Crippen LogP contribution in [0.5, 0.6) is 0 Å². The van der Waals surface area contributed by atoms with Crippen molar-refractivity contribution in [1.29, 1.82) is 0 Å². The molecule has 0 spiro atoms. The molecular weight excluding hydrogens is 372 g/mol. The first kappa shape index (κ1) is 20.6. The fourth-order valence-corrected chi connectivity index (χ4v) is 4.77. The minimum atomic E-state index is -0.545. The third-order valence-electron chi connectivity index (χ3n) is 6.59. The fraction of sp³-hybridized carbons (Fsp3) is 0.462. The molecule has 0 aromatic heterocycles. The molecule has 0 radical (unpaired) electrons. The van der Waals surface area contributed by atoms with Gasteiger partial charge in [-0.25, -0.2) is 0 Å². The van der Waals surface area contributed by atoms with Gasteiger partial charge >= 0.3 is 0 Å². The molecule has 1 unspecified atom stereocenters. The van der Waals surface area contributed by atoms with Crippen molar-refractivity contribution in [3.63, 3.8) is 0 Å². The Kier molecular flexibility index (Phi) is 6.21. The molecule has 1 aliphatic carbocycles. The van der Waals surface area contributed by atoms with E-state index in [4.69, 9.17) is 0 Å². The topological polar surface area (TPSA) is 40.6 Å². The Morgan fingerprint density at radius 3 is 1.97 bits per heavy atom. The van der Waals surface area contributed by atoms with Crippen molar-refractivity contribution in [1.82, 2.24) is 9.80 Å². The third kappa shape index (κ3) is 4.43. The number of aryl methyl sites for hydroxylation is 2. The Morgan fingerprint density at radius 2 is 1.37 bits per heavy atom. The van der Waals surface area contributed by atoms with Gasteiger partial charge in [-0.2, -0.15) is 0 Å². The predicted octanol–water partition coefficient (Wildman–Crippen LogP) is 4.94. The first-order valence-electron chi connectivity index (χ1n) is 11.2. The highest BCUT2D eigenvalue weighted by molar-refractivity contribution is 5.95. The summed E-state index contributed by atoms with van der Waals surface area (Å²) < 4.78 is 0. The van der Waals surface area contributed by atoms with E-state index in [1.54, 1.807) is 4.90 Å².